The van der Waals surface area contributed by atoms with Gasteiger partial charge in [0, 0.05) is 22.0 Å². The third-order valence-corrected chi connectivity index (χ3v) is 4.00. The second-order valence-electron chi connectivity index (χ2n) is 5.54. The molecule has 2 nitrogen and oxygen atoms in total. The van der Waals surface area contributed by atoms with Crippen molar-refractivity contribution in [2.24, 2.45) is 0 Å². The second kappa shape index (κ2) is 5.13. The van der Waals surface area contributed by atoms with Gasteiger partial charge in [0.05, 0.1) is 0 Å². The number of para-hydroxylation sites is 1. The van der Waals surface area contributed by atoms with Gasteiger partial charge in [-0.2, -0.15) is 0 Å². The van der Waals surface area contributed by atoms with Crippen LogP contribution in [0.3, 0.4) is 0 Å². The Morgan fingerprint density at radius 1 is 1.15 bits per heavy atom. The molecule has 1 aliphatic heterocycles. The summed E-state index contributed by atoms with van der Waals surface area (Å²) in [5.41, 5.74) is 2.05. The molecule has 0 saturated heterocycles. The van der Waals surface area contributed by atoms with Crippen LogP contribution in [0.5, 0.6) is 11.5 Å². The van der Waals surface area contributed by atoms with Crippen molar-refractivity contribution < 1.29 is 9.47 Å². The zero-order chi connectivity index (χ0) is 14.2. The maximum Gasteiger partial charge on any atom is 0.166 e. The van der Waals surface area contributed by atoms with Gasteiger partial charge in [-0.05, 0) is 26.0 Å². The van der Waals surface area contributed by atoms with E-state index in [-0.39, 0.29) is 5.60 Å². The first-order valence-electron chi connectivity index (χ1n) is 6.60. The molecule has 0 amide bonds. The van der Waals surface area contributed by atoms with Crippen molar-refractivity contribution in [3.05, 3.63) is 64.7 Å². The normalized spacial score (nSPS) is 15.6. The number of benzene rings is 2. The summed E-state index contributed by atoms with van der Waals surface area (Å²) < 4.78 is 12.8. The minimum absolute atomic E-state index is 0.158. The van der Waals surface area contributed by atoms with Gasteiger partial charge in [0.15, 0.2) is 18.1 Å². The first-order valence-corrected chi connectivity index (χ1v) is 7.40. The molecular formula is C17H16BrO2. The molecule has 3 heteroatoms. The van der Waals surface area contributed by atoms with Crippen LogP contribution in [-0.4, -0.2) is 5.60 Å². The number of ether oxygens (including phenoxy) is 2. The fourth-order valence-corrected chi connectivity index (χ4v) is 2.76. The Hall–Kier alpha value is -1.48. The van der Waals surface area contributed by atoms with Gasteiger partial charge < -0.3 is 9.47 Å². The monoisotopic (exact) mass is 331 g/mol. The molecule has 0 spiro atoms. The van der Waals surface area contributed by atoms with Crippen molar-refractivity contribution in [3.63, 3.8) is 0 Å². The highest BCUT2D eigenvalue weighted by Gasteiger charge is 2.32. The topological polar surface area (TPSA) is 18.5 Å². The molecule has 20 heavy (non-hydrogen) atoms. The van der Waals surface area contributed by atoms with E-state index >= 15 is 0 Å². The number of hydrogen-bond donors (Lipinski definition) is 0. The summed E-state index contributed by atoms with van der Waals surface area (Å²) in [6.07, 6.45) is 0.911. The Morgan fingerprint density at radius 2 is 1.95 bits per heavy atom. The summed E-state index contributed by atoms with van der Waals surface area (Å²) in [5.74, 6) is 1.63. The smallest absolute Gasteiger partial charge is 0.166 e. The van der Waals surface area contributed by atoms with E-state index < -0.39 is 0 Å². The quantitative estimate of drug-likeness (QED) is 0.807. The van der Waals surface area contributed by atoms with Crippen LogP contribution in [0.2, 0.25) is 0 Å². The van der Waals surface area contributed by atoms with Gasteiger partial charge >= 0.3 is 0 Å². The average molecular weight is 332 g/mol. The predicted octanol–water partition coefficient (Wildman–Crippen LogP) is 4.75. The van der Waals surface area contributed by atoms with Crippen LogP contribution in [0.25, 0.3) is 0 Å². The predicted molar refractivity (Wildman–Crippen MR) is 83.0 cm³/mol. The SMILES string of the molecule is CC1(C)Cc2cccc(O[CH]c3ccccc3Br)c2O1. The van der Waals surface area contributed by atoms with E-state index in [0.29, 0.717) is 0 Å². The Labute approximate surface area is 127 Å². The Balaban J connectivity index is 1.80. The average Bonchev–Trinajstić information content (AvgIpc) is 2.72. The highest BCUT2D eigenvalue weighted by molar-refractivity contribution is 9.10. The number of rotatable bonds is 3. The summed E-state index contributed by atoms with van der Waals surface area (Å²) in [7, 11) is 0. The lowest BCUT2D eigenvalue weighted by atomic mass is 10.0. The molecule has 2 aromatic rings. The van der Waals surface area contributed by atoms with Crippen molar-refractivity contribution in [1.29, 1.82) is 0 Å². The van der Waals surface area contributed by atoms with Crippen LogP contribution in [0.4, 0.5) is 0 Å². The second-order valence-corrected chi connectivity index (χ2v) is 6.39. The lowest BCUT2D eigenvalue weighted by Gasteiger charge is -2.18. The molecule has 1 heterocycles. The van der Waals surface area contributed by atoms with Gasteiger partial charge in [-0.1, -0.05) is 46.3 Å². The highest BCUT2D eigenvalue weighted by Crippen LogP contribution is 2.42. The highest BCUT2D eigenvalue weighted by atomic mass is 79.9. The van der Waals surface area contributed by atoms with Crippen LogP contribution in [0.15, 0.2) is 46.9 Å². The zero-order valence-electron chi connectivity index (χ0n) is 11.5. The maximum absolute atomic E-state index is 5.99. The summed E-state index contributed by atoms with van der Waals surface area (Å²) in [5, 5.41) is 0. The lowest BCUT2D eigenvalue weighted by molar-refractivity contribution is 0.134. The van der Waals surface area contributed by atoms with Gasteiger partial charge in [0.1, 0.15) is 5.60 Å². The molecule has 0 atom stereocenters. The molecule has 1 radical (unpaired) electrons. The van der Waals surface area contributed by atoms with Crippen molar-refractivity contribution >= 4 is 15.9 Å². The number of hydrogen-bond acceptors (Lipinski definition) is 2. The van der Waals surface area contributed by atoms with E-state index in [1.807, 2.05) is 36.4 Å². The molecule has 2 aromatic carbocycles. The van der Waals surface area contributed by atoms with E-state index in [9.17, 15) is 0 Å². The minimum Gasteiger partial charge on any atom is -0.483 e. The van der Waals surface area contributed by atoms with Crippen molar-refractivity contribution in [1.82, 2.24) is 0 Å². The van der Waals surface area contributed by atoms with Crippen LogP contribution in [0, 0.1) is 6.61 Å². The molecule has 0 unspecified atom stereocenters. The van der Waals surface area contributed by atoms with Crippen molar-refractivity contribution in [2.45, 2.75) is 25.9 Å². The molecule has 0 fully saturated rings. The van der Waals surface area contributed by atoms with E-state index in [1.54, 1.807) is 6.61 Å². The summed E-state index contributed by atoms with van der Waals surface area (Å²) in [6.45, 7) is 5.93. The van der Waals surface area contributed by atoms with E-state index in [2.05, 4.69) is 35.8 Å². The molecule has 0 aromatic heterocycles. The standard InChI is InChI=1S/C17H16BrO2/c1-17(2)10-12-7-5-9-15(16(12)20-17)19-11-13-6-3-4-8-14(13)18/h3-9,11H,10H2,1-2H3. The molecular weight excluding hydrogens is 316 g/mol. The van der Waals surface area contributed by atoms with Gasteiger partial charge in [-0.3, -0.25) is 0 Å². The third kappa shape index (κ3) is 2.68. The van der Waals surface area contributed by atoms with Crippen LogP contribution in [0.1, 0.15) is 25.0 Å². The molecule has 0 bridgehead atoms. The Morgan fingerprint density at radius 3 is 2.75 bits per heavy atom. The first kappa shape index (κ1) is 13.5. The fourth-order valence-electron chi connectivity index (χ4n) is 2.38. The molecule has 0 aliphatic carbocycles. The van der Waals surface area contributed by atoms with Gasteiger partial charge in [-0.25, -0.2) is 0 Å². The van der Waals surface area contributed by atoms with E-state index in [1.165, 1.54) is 5.56 Å². The molecule has 0 N–H and O–H groups in total. The largest absolute Gasteiger partial charge is 0.483 e. The van der Waals surface area contributed by atoms with Crippen LogP contribution in [-0.2, 0) is 6.42 Å². The molecule has 1 aliphatic rings. The Kier molecular flexibility index (Phi) is 3.47. The minimum atomic E-state index is -0.158. The summed E-state index contributed by atoms with van der Waals surface area (Å²) in [4.78, 5) is 0. The number of fused-ring (bicyclic) bond motifs is 1. The summed E-state index contributed by atoms with van der Waals surface area (Å²) >= 11 is 3.51. The van der Waals surface area contributed by atoms with Gasteiger partial charge in [-0.15, -0.1) is 0 Å². The van der Waals surface area contributed by atoms with Gasteiger partial charge in [0.2, 0.25) is 0 Å². The zero-order valence-corrected chi connectivity index (χ0v) is 13.1. The van der Waals surface area contributed by atoms with E-state index in [0.717, 1.165) is 28.0 Å². The lowest BCUT2D eigenvalue weighted by Crippen LogP contribution is -2.24. The number of halogens is 1. The molecule has 3 rings (SSSR count). The van der Waals surface area contributed by atoms with Crippen LogP contribution >= 0.6 is 15.9 Å². The molecule has 103 valence electrons. The van der Waals surface area contributed by atoms with Crippen molar-refractivity contribution in [2.75, 3.05) is 0 Å². The van der Waals surface area contributed by atoms with Crippen LogP contribution < -0.4 is 9.47 Å². The Bertz CT molecular complexity index is 635. The van der Waals surface area contributed by atoms with Crippen molar-refractivity contribution in [3.8, 4) is 11.5 Å². The molecule has 0 saturated carbocycles. The first-order chi connectivity index (χ1) is 9.55. The van der Waals surface area contributed by atoms with E-state index in [4.69, 9.17) is 9.47 Å². The van der Waals surface area contributed by atoms with Gasteiger partial charge in [0.25, 0.3) is 0 Å². The summed E-state index contributed by atoms with van der Waals surface area (Å²) in [6, 6.07) is 14.0. The fraction of sp³-hybridized carbons (Fsp3) is 0.235. The third-order valence-electron chi connectivity index (χ3n) is 3.27. The maximum atomic E-state index is 5.99.